The molecule has 21 heavy (non-hydrogen) atoms. The van der Waals surface area contributed by atoms with Gasteiger partial charge in [0.25, 0.3) is 5.56 Å². The topological polar surface area (TPSA) is 61.9 Å². The molecule has 1 aliphatic heterocycles. The van der Waals surface area contributed by atoms with E-state index in [-0.39, 0.29) is 11.6 Å². The van der Waals surface area contributed by atoms with Crippen molar-refractivity contribution in [2.24, 2.45) is 0 Å². The van der Waals surface area contributed by atoms with E-state index in [9.17, 15) is 4.79 Å². The van der Waals surface area contributed by atoms with Gasteiger partial charge in [-0.15, -0.1) is 0 Å². The van der Waals surface area contributed by atoms with Crippen molar-refractivity contribution in [2.75, 3.05) is 13.2 Å². The molecule has 0 radical (unpaired) electrons. The third-order valence-electron chi connectivity index (χ3n) is 3.86. The molecule has 0 spiro atoms. The first-order chi connectivity index (χ1) is 10.3. The maximum absolute atomic E-state index is 12.7. The summed E-state index contributed by atoms with van der Waals surface area (Å²) in [6, 6.07) is 7.93. The van der Waals surface area contributed by atoms with Crippen molar-refractivity contribution in [1.82, 2.24) is 19.3 Å². The van der Waals surface area contributed by atoms with Gasteiger partial charge in [0.15, 0.2) is 5.65 Å². The number of hydrogen-bond donors (Lipinski definition) is 0. The highest BCUT2D eigenvalue weighted by atomic mass is 16.5. The van der Waals surface area contributed by atoms with Crippen LogP contribution in [0.25, 0.3) is 16.7 Å². The van der Waals surface area contributed by atoms with Gasteiger partial charge in [-0.3, -0.25) is 9.36 Å². The van der Waals surface area contributed by atoms with E-state index in [2.05, 4.69) is 10.1 Å². The summed E-state index contributed by atoms with van der Waals surface area (Å²) in [4.78, 5) is 17.1. The molecule has 4 rings (SSSR count). The molecule has 0 aliphatic carbocycles. The van der Waals surface area contributed by atoms with Gasteiger partial charge in [0.05, 0.1) is 25.1 Å². The lowest BCUT2D eigenvalue weighted by molar-refractivity contribution is -0.0269. The summed E-state index contributed by atoms with van der Waals surface area (Å²) >= 11 is 0. The largest absolute Gasteiger partial charge is 0.377 e. The zero-order valence-electron chi connectivity index (χ0n) is 11.6. The molecule has 3 aromatic rings. The second kappa shape index (κ2) is 4.53. The molecule has 0 N–H and O–H groups in total. The van der Waals surface area contributed by atoms with Crippen LogP contribution < -0.4 is 5.56 Å². The van der Waals surface area contributed by atoms with Crippen molar-refractivity contribution < 1.29 is 4.74 Å². The van der Waals surface area contributed by atoms with Crippen molar-refractivity contribution in [3.8, 4) is 5.69 Å². The minimum absolute atomic E-state index is 0.0965. The van der Waals surface area contributed by atoms with Crippen molar-refractivity contribution in [2.45, 2.75) is 13.0 Å². The maximum atomic E-state index is 12.7. The second-order valence-electron chi connectivity index (χ2n) is 5.22. The third kappa shape index (κ3) is 1.80. The van der Waals surface area contributed by atoms with Gasteiger partial charge in [-0.2, -0.15) is 5.10 Å². The van der Waals surface area contributed by atoms with Crippen molar-refractivity contribution in [3.05, 3.63) is 52.7 Å². The van der Waals surface area contributed by atoms with Crippen LogP contribution in [-0.4, -0.2) is 32.5 Å². The molecule has 6 nitrogen and oxygen atoms in total. The summed E-state index contributed by atoms with van der Waals surface area (Å²) in [5.74, 6) is 0. The van der Waals surface area contributed by atoms with Gasteiger partial charge in [0.2, 0.25) is 0 Å². The Morgan fingerprint density at radius 1 is 1.29 bits per heavy atom. The normalized spacial score (nSPS) is 15.3. The van der Waals surface area contributed by atoms with E-state index in [4.69, 9.17) is 4.74 Å². The molecule has 6 heteroatoms. The maximum Gasteiger partial charge on any atom is 0.269 e. The van der Waals surface area contributed by atoms with E-state index < -0.39 is 0 Å². The molecule has 0 bridgehead atoms. The molecule has 0 unspecified atom stereocenters. The first kappa shape index (κ1) is 12.3. The zero-order valence-corrected chi connectivity index (χ0v) is 11.6. The van der Waals surface area contributed by atoms with Crippen LogP contribution in [0.15, 0.2) is 41.6 Å². The molecule has 0 atom stereocenters. The number of fused-ring (bicyclic) bond motifs is 1. The minimum Gasteiger partial charge on any atom is -0.377 e. The highest BCUT2D eigenvalue weighted by molar-refractivity contribution is 5.73. The predicted molar refractivity (Wildman–Crippen MR) is 77.7 cm³/mol. The second-order valence-corrected chi connectivity index (χ2v) is 5.22. The SMILES string of the molecule is Cc1ccccc1-n1cnc2c(cnn2C2COC2)c1=O. The number of hydrogen-bond acceptors (Lipinski definition) is 4. The molecular weight excluding hydrogens is 268 g/mol. The van der Waals surface area contributed by atoms with Crippen molar-refractivity contribution >= 4 is 11.0 Å². The predicted octanol–water partition coefficient (Wildman–Crippen LogP) is 1.46. The molecule has 1 aliphatic rings. The Hall–Kier alpha value is -2.47. The van der Waals surface area contributed by atoms with Crippen LogP contribution in [0.3, 0.4) is 0 Å². The lowest BCUT2D eigenvalue weighted by Crippen LogP contribution is -2.31. The zero-order chi connectivity index (χ0) is 14.4. The van der Waals surface area contributed by atoms with Gasteiger partial charge in [0, 0.05) is 0 Å². The molecule has 106 valence electrons. The minimum atomic E-state index is -0.0965. The first-order valence-electron chi connectivity index (χ1n) is 6.84. The van der Waals surface area contributed by atoms with Crippen LogP contribution in [0, 0.1) is 6.92 Å². The van der Waals surface area contributed by atoms with Crippen LogP contribution in [0.1, 0.15) is 11.6 Å². The van der Waals surface area contributed by atoms with E-state index in [0.717, 1.165) is 11.3 Å². The Balaban J connectivity index is 1.92. The summed E-state index contributed by atoms with van der Waals surface area (Å²) in [6.07, 6.45) is 3.17. The van der Waals surface area contributed by atoms with Gasteiger partial charge < -0.3 is 4.74 Å². The summed E-state index contributed by atoms with van der Waals surface area (Å²) in [5.41, 5.74) is 2.40. The Labute approximate surface area is 120 Å². The number of benzene rings is 1. The van der Waals surface area contributed by atoms with Gasteiger partial charge in [-0.1, -0.05) is 18.2 Å². The summed E-state index contributed by atoms with van der Waals surface area (Å²) in [6.45, 7) is 3.22. The molecule has 1 fully saturated rings. The van der Waals surface area contributed by atoms with Gasteiger partial charge in [-0.05, 0) is 18.6 Å². The van der Waals surface area contributed by atoms with Gasteiger partial charge in [-0.25, -0.2) is 9.67 Å². The highest BCUT2D eigenvalue weighted by Crippen LogP contribution is 2.20. The van der Waals surface area contributed by atoms with E-state index in [1.807, 2.05) is 31.2 Å². The van der Waals surface area contributed by atoms with E-state index in [1.54, 1.807) is 21.8 Å². The fraction of sp³-hybridized carbons (Fsp3) is 0.267. The van der Waals surface area contributed by atoms with Crippen LogP contribution in [0.2, 0.25) is 0 Å². The molecular formula is C15H14N4O2. The molecule has 3 heterocycles. The molecule has 1 aromatic carbocycles. The van der Waals surface area contributed by atoms with Crippen LogP contribution >= 0.6 is 0 Å². The van der Waals surface area contributed by atoms with E-state index >= 15 is 0 Å². The average molecular weight is 282 g/mol. The monoisotopic (exact) mass is 282 g/mol. The van der Waals surface area contributed by atoms with Crippen molar-refractivity contribution in [1.29, 1.82) is 0 Å². The van der Waals surface area contributed by atoms with Gasteiger partial charge >= 0.3 is 0 Å². The lowest BCUT2D eigenvalue weighted by Gasteiger charge is -2.26. The van der Waals surface area contributed by atoms with Crippen LogP contribution in [0.5, 0.6) is 0 Å². The standard InChI is InChI=1S/C15H14N4O2/c1-10-4-2-3-5-13(10)18-9-16-14-12(15(18)20)6-17-19(14)11-7-21-8-11/h2-6,9,11H,7-8H2,1H3. The Kier molecular flexibility index (Phi) is 2.65. The number of aryl methyl sites for hydroxylation is 1. The van der Waals surface area contributed by atoms with Crippen LogP contribution in [-0.2, 0) is 4.74 Å². The van der Waals surface area contributed by atoms with E-state index in [1.165, 1.54) is 0 Å². The Morgan fingerprint density at radius 3 is 2.81 bits per heavy atom. The molecule has 2 aromatic heterocycles. The number of ether oxygens (including phenoxy) is 1. The Morgan fingerprint density at radius 2 is 2.10 bits per heavy atom. The first-order valence-corrected chi connectivity index (χ1v) is 6.84. The summed E-state index contributed by atoms with van der Waals surface area (Å²) in [5, 5.41) is 4.83. The number of nitrogens with zero attached hydrogens (tertiary/aromatic N) is 4. The highest BCUT2D eigenvalue weighted by Gasteiger charge is 2.24. The van der Waals surface area contributed by atoms with Crippen molar-refractivity contribution in [3.63, 3.8) is 0 Å². The quantitative estimate of drug-likeness (QED) is 0.714. The molecule has 0 saturated carbocycles. The Bertz CT molecular complexity index is 877. The number of para-hydroxylation sites is 1. The van der Waals surface area contributed by atoms with Crippen LogP contribution in [0.4, 0.5) is 0 Å². The molecule has 0 amide bonds. The molecule has 1 saturated heterocycles. The average Bonchev–Trinajstić information content (AvgIpc) is 2.83. The number of aromatic nitrogens is 4. The fourth-order valence-corrected chi connectivity index (χ4v) is 2.57. The lowest BCUT2D eigenvalue weighted by atomic mass is 10.2. The third-order valence-corrected chi connectivity index (χ3v) is 3.86. The summed E-state index contributed by atoms with van der Waals surface area (Å²) in [7, 11) is 0. The summed E-state index contributed by atoms with van der Waals surface area (Å²) < 4.78 is 8.53. The van der Waals surface area contributed by atoms with Gasteiger partial charge in [0.1, 0.15) is 17.8 Å². The number of rotatable bonds is 2. The fourth-order valence-electron chi connectivity index (χ4n) is 2.57. The smallest absolute Gasteiger partial charge is 0.269 e. The van der Waals surface area contributed by atoms with E-state index in [0.29, 0.717) is 24.2 Å².